The molecule has 0 aromatic rings. The monoisotopic (exact) mass is 317 g/mol. The van der Waals surface area contributed by atoms with E-state index in [9.17, 15) is 0 Å². The van der Waals surface area contributed by atoms with Crippen molar-refractivity contribution < 1.29 is 26.2 Å². The molecule has 0 saturated heterocycles. The quantitative estimate of drug-likeness (QED) is 0.560. The molecule has 0 nitrogen and oxygen atoms in total. The molecule has 0 amide bonds. The Labute approximate surface area is 126 Å². The summed E-state index contributed by atoms with van der Waals surface area (Å²) in [5.74, 6) is 0. The fourth-order valence-corrected chi connectivity index (χ4v) is 0.340. The average Bonchev–Trinajstić information content (AvgIpc) is 1.76. The maximum Gasteiger partial charge on any atom is 0 e. The summed E-state index contributed by atoms with van der Waals surface area (Å²) in [6, 6.07) is 0. The van der Waals surface area contributed by atoms with E-state index in [1.54, 1.807) is 0 Å². The minimum absolute atomic E-state index is 0. The Morgan fingerprint density at radius 2 is 1.14 bits per heavy atom. The van der Waals surface area contributed by atoms with Crippen molar-refractivity contribution in [1.29, 1.82) is 0 Å². The SMILES string of the molecule is Cl.Cl.[C-]1=CC=CC1.[CH3-].[CH3-].[CH3-].[CH3-].[CH3-].[CH3-].[Zr]. The van der Waals surface area contributed by atoms with Crippen molar-refractivity contribution in [3.05, 3.63) is 68.9 Å². The molecule has 0 aromatic carbocycles. The molecule has 3 heteroatoms. The zero-order valence-electron chi connectivity index (χ0n) is 10.3. The van der Waals surface area contributed by atoms with E-state index in [0.29, 0.717) is 0 Å². The second-order valence-corrected chi connectivity index (χ2v) is 1.00. The van der Waals surface area contributed by atoms with Gasteiger partial charge in [0.1, 0.15) is 0 Å². The molecule has 0 unspecified atom stereocenters. The molecule has 0 aromatic heterocycles. The summed E-state index contributed by atoms with van der Waals surface area (Å²) in [7, 11) is 0. The molecule has 0 N–H and O–H groups in total. The fourth-order valence-electron chi connectivity index (χ4n) is 0.340. The van der Waals surface area contributed by atoms with Crippen LogP contribution in [-0.2, 0) is 26.2 Å². The van der Waals surface area contributed by atoms with E-state index in [1.165, 1.54) is 0 Å². The summed E-state index contributed by atoms with van der Waals surface area (Å²) in [5, 5.41) is 0. The van der Waals surface area contributed by atoms with Gasteiger partial charge < -0.3 is 44.6 Å². The van der Waals surface area contributed by atoms with Crippen LogP contribution in [0.1, 0.15) is 6.42 Å². The summed E-state index contributed by atoms with van der Waals surface area (Å²) in [5.41, 5.74) is 0. The van der Waals surface area contributed by atoms with Crippen molar-refractivity contribution in [3.63, 3.8) is 0 Å². The number of halogens is 2. The van der Waals surface area contributed by atoms with Crippen LogP contribution in [0.4, 0.5) is 0 Å². The molecule has 0 atom stereocenters. The number of rotatable bonds is 0. The average molecular weight is 319 g/mol. The van der Waals surface area contributed by atoms with Crippen LogP contribution in [0, 0.1) is 50.6 Å². The molecule has 0 fully saturated rings. The third-order valence-corrected chi connectivity index (χ3v) is 0.586. The Morgan fingerprint density at radius 1 is 0.786 bits per heavy atom. The van der Waals surface area contributed by atoms with Gasteiger partial charge in [-0.2, -0.15) is 6.08 Å². The summed E-state index contributed by atoms with van der Waals surface area (Å²) < 4.78 is 0. The molecule has 0 bridgehead atoms. The van der Waals surface area contributed by atoms with Crippen molar-refractivity contribution in [1.82, 2.24) is 0 Å². The van der Waals surface area contributed by atoms with E-state index in [2.05, 4.69) is 12.2 Å². The first kappa shape index (κ1) is 82.2. The van der Waals surface area contributed by atoms with Crippen molar-refractivity contribution in [2.75, 3.05) is 0 Å². The number of hydrogen-bond donors (Lipinski definition) is 0. The molecule has 94 valence electrons. The summed E-state index contributed by atoms with van der Waals surface area (Å²) in [4.78, 5) is 0. The van der Waals surface area contributed by atoms with Gasteiger partial charge in [0.2, 0.25) is 0 Å². The van der Waals surface area contributed by atoms with Gasteiger partial charge in [0.05, 0.1) is 0 Å². The van der Waals surface area contributed by atoms with Crippen LogP contribution >= 0.6 is 24.8 Å². The third-order valence-electron chi connectivity index (χ3n) is 0.586. The van der Waals surface area contributed by atoms with E-state index < -0.39 is 0 Å². The van der Waals surface area contributed by atoms with Crippen LogP contribution in [0.5, 0.6) is 0 Å². The minimum Gasteiger partial charge on any atom is -0.358 e. The zero-order valence-corrected chi connectivity index (χ0v) is 14.3. The van der Waals surface area contributed by atoms with E-state index in [4.69, 9.17) is 0 Å². The van der Waals surface area contributed by atoms with Crippen LogP contribution in [0.2, 0.25) is 0 Å². The Morgan fingerprint density at radius 3 is 1.21 bits per heavy atom. The Balaban J connectivity index is -0.00000000397. The van der Waals surface area contributed by atoms with Crippen LogP contribution in [-0.4, -0.2) is 0 Å². The predicted octanol–water partition coefficient (Wildman–Crippen LogP) is 4.85. The maximum atomic E-state index is 2.99. The maximum absolute atomic E-state index is 2.99. The van der Waals surface area contributed by atoms with Gasteiger partial charge in [0.25, 0.3) is 0 Å². The molecule has 0 saturated carbocycles. The van der Waals surface area contributed by atoms with Gasteiger partial charge in [-0.3, -0.25) is 6.08 Å². The van der Waals surface area contributed by atoms with E-state index in [-0.39, 0.29) is 95.6 Å². The van der Waals surface area contributed by atoms with Crippen molar-refractivity contribution in [3.8, 4) is 0 Å². The first-order valence-corrected chi connectivity index (χ1v) is 1.72. The smallest absolute Gasteiger partial charge is 0 e. The molecule has 0 spiro atoms. The standard InChI is InChI=1S/C5H5.6CH3.2ClH.Zr/c1-2-4-5-3-1;;;;;;;;;/h1-3H,4H2;6*1H3;2*1H;/q7*-1;;;. The van der Waals surface area contributed by atoms with Crippen LogP contribution in [0.15, 0.2) is 18.2 Å². The molecular formula is C11H25Cl2Zr-7. The summed E-state index contributed by atoms with van der Waals surface area (Å²) >= 11 is 0. The molecule has 0 heterocycles. The van der Waals surface area contributed by atoms with Crippen molar-refractivity contribution in [2.45, 2.75) is 6.42 Å². The van der Waals surface area contributed by atoms with E-state index in [0.717, 1.165) is 6.42 Å². The van der Waals surface area contributed by atoms with Gasteiger partial charge in [-0.05, 0) is 0 Å². The minimum atomic E-state index is 0. The Kier molecular flexibility index (Phi) is 389. The largest absolute Gasteiger partial charge is 0.358 e. The van der Waals surface area contributed by atoms with Gasteiger partial charge in [-0.25, -0.2) is 12.2 Å². The van der Waals surface area contributed by atoms with Crippen LogP contribution < -0.4 is 0 Å². The molecule has 1 rings (SSSR count). The summed E-state index contributed by atoms with van der Waals surface area (Å²) in [6.45, 7) is 0. The van der Waals surface area contributed by atoms with E-state index in [1.807, 2.05) is 12.2 Å². The first-order chi connectivity index (χ1) is 2.50. The molecule has 0 aliphatic heterocycles. The first-order valence-electron chi connectivity index (χ1n) is 1.72. The zero-order chi connectivity index (χ0) is 3.54. The Bertz CT molecular complexity index is 71.4. The Hall–Kier alpha value is 0.943. The van der Waals surface area contributed by atoms with Gasteiger partial charge in [-0.15, -0.1) is 31.2 Å². The number of allylic oxidation sites excluding steroid dienone is 4. The van der Waals surface area contributed by atoms with Crippen LogP contribution in [0.3, 0.4) is 0 Å². The fraction of sp³-hybridized carbons (Fsp3) is 0.0909. The second-order valence-electron chi connectivity index (χ2n) is 1.00. The predicted molar refractivity (Wildman–Crippen MR) is 74.6 cm³/mol. The summed E-state index contributed by atoms with van der Waals surface area (Å²) in [6.07, 6.45) is 10.0. The van der Waals surface area contributed by atoms with Crippen molar-refractivity contribution >= 4 is 24.8 Å². The number of hydrogen-bond acceptors (Lipinski definition) is 0. The van der Waals surface area contributed by atoms with Crippen molar-refractivity contribution in [2.24, 2.45) is 0 Å². The van der Waals surface area contributed by atoms with E-state index >= 15 is 0 Å². The normalized spacial score (nSPS) is 6.29. The van der Waals surface area contributed by atoms with Gasteiger partial charge in [0, 0.05) is 26.2 Å². The molecular weight excluding hydrogens is 294 g/mol. The van der Waals surface area contributed by atoms with Gasteiger partial charge in [0.15, 0.2) is 0 Å². The van der Waals surface area contributed by atoms with Crippen LogP contribution in [0.25, 0.3) is 0 Å². The third kappa shape index (κ3) is 52.3. The molecule has 1 aliphatic carbocycles. The molecule has 14 heavy (non-hydrogen) atoms. The van der Waals surface area contributed by atoms with Gasteiger partial charge >= 0.3 is 0 Å². The topological polar surface area (TPSA) is 0 Å². The molecule has 0 radical (unpaired) electrons. The molecule has 1 aliphatic rings. The second kappa shape index (κ2) is 66.1. The van der Waals surface area contributed by atoms with Gasteiger partial charge in [-0.1, -0.05) is 0 Å².